The number of hydrogen-bond donors (Lipinski definition) is 1. The van der Waals surface area contributed by atoms with E-state index >= 15 is 0 Å². The number of rotatable bonds is 3. The largest absolute Gasteiger partial charge is 0.487 e. The van der Waals surface area contributed by atoms with E-state index in [9.17, 15) is 14.4 Å². The van der Waals surface area contributed by atoms with E-state index < -0.39 is 11.4 Å². The van der Waals surface area contributed by atoms with Crippen LogP contribution in [0.5, 0.6) is 5.75 Å². The van der Waals surface area contributed by atoms with E-state index in [4.69, 9.17) is 4.74 Å². The van der Waals surface area contributed by atoms with Gasteiger partial charge in [-0.15, -0.1) is 5.10 Å². The Morgan fingerprint density at radius 3 is 2.79 bits per heavy atom. The Labute approximate surface area is 146 Å². The lowest BCUT2D eigenvalue weighted by Gasteiger charge is -2.24. The molecule has 1 N–H and O–H groups in total. The lowest BCUT2D eigenvalue weighted by atomic mass is 10.1. The lowest BCUT2D eigenvalue weighted by molar-refractivity contribution is 0.160. The minimum absolute atomic E-state index is 0.00328. The summed E-state index contributed by atoms with van der Waals surface area (Å²) in [5, 5.41) is 16.5. The van der Waals surface area contributed by atoms with Gasteiger partial charge in [-0.1, -0.05) is 0 Å². The summed E-state index contributed by atoms with van der Waals surface area (Å²) in [6.45, 7) is 1.66. The SMILES string of the molecule is N#Cc1nn(-c2ccc(Br)c(F)c2)c(=O)cc1OC1CCNCC1. The molecule has 0 aliphatic carbocycles. The molecule has 0 bridgehead atoms. The van der Waals surface area contributed by atoms with Crippen molar-refractivity contribution in [3.63, 3.8) is 0 Å². The third-order valence-corrected chi connectivity index (χ3v) is 4.37. The van der Waals surface area contributed by atoms with Gasteiger partial charge in [-0.25, -0.2) is 4.39 Å². The molecule has 3 rings (SSSR count). The van der Waals surface area contributed by atoms with Crippen molar-refractivity contribution < 1.29 is 9.13 Å². The van der Waals surface area contributed by atoms with E-state index in [1.165, 1.54) is 24.3 Å². The molecule has 0 atom stereocenters. The normalized spacial score (nSPS) is 15.0. The number of ether oxygens (including phenoxy) is 1. The first-order chi connectivity index (χ1) is 11.6. The van der Waals surface area contributed by atoms with E-state index in [1.54, 1.807) is 0 Å². The summed E-state index contributed by atoms with van der Waals surface area (Å²) in [4.78, 5) is 12.3. The van der Waals surface area contributed by atoms with Gasteiger partial charge in [0.15, 0.2) is 5.75 Å². The van der Waals surface area contributed by atoms with Crippen molar-refractivity contribution in [3.8, 4) is 17.5 Å². The Morgan fingerprint density at radius 1 is 1.38 bits per heavy atom. The van der Waals surface area contributed by atoms with Crippen LogP contribution in [0.1, 0.15) is 18.5 Å². The number of nitriles is 1. The molecule has 1 aliphatic rings. The molecule has 6 nitrogen and oxygen atoms in total. The van der Waals surface area contributed by atoms with Crippen molar-refractivity contribution in [2.75, 3.05) is 13.1 Å². The molecule has 124 valence electrons. The molecule has 0 radical (unpaired) electrons. The second-order valence-corrected chi connectivity index (χ2v) is 6.24. The van der Waals surface area contributed by atoms with Crippen LogP contribution >= 0.6 is 15.9 Å². The standard InChI is InChI=1S/C16H14BrFN4O2/c17-12-2-1-10(7-13(12)18)22-16(23)8-15(14(9-19)21-22)24-11-3-5-20-6-4-11/h1-2,7-8,11,20H,3-6H2. The van der Waals surface area contributed by atoms with Crippen LogP contribution in [0.4, 0.5) is 4.39 Å². The molecule has 1 saturated heterocycles. The van der Waals surface area contributed by atoms with E-state index in [-0.39, 0.29) is 27.7 Å². The summed E-state index contributed by atoms with van der Waals surface area (Å²) < 4.78 is 20.7. The molecule has 1 aromatic heterocycles. The van der Waals surface area contributed by atoms with Crippen LogP contribution < -0.4 is 15.6 Å². The van der Waals surface area contributed by atoms with E-state index in [0.717, 1.165) is 30.6 Å². The fraction of sp³-hybridized carbons (Fsp3) is 0.312. The van der Waals surface area contributed by atoms with Gasteiger partial charge >= 0.3 is 0 Å². The molecule has 1 aromatic carbocycles. The van der Waals surface area contributed by atoms with Crippen LogP contribution in [-0.4, -0.2) is 29.0 Å². The minimum atomic E-state index is -0.519. The quantitative estimate of drug-likeness (QED) is 0.865. The predicted molar refractivity (Wildman–Crippen MR) is 88.7 cm³/mol. The Hall–Kier alpha value is -2.24. The van der Waals surface area contributed by atoms with Crippen LogP contribution in [-0.2, 0) is 0 Å². The predicted octanol–water partition coefficient (Wildman–Crippen LogP) is 2.14. The first kappa shape index (κ1) is 16.6. The lowest BCUT2D eigenvalue weighted by Crippen LogP contribution is -2.34. The molecular weight excluding hydrogens is 379 g/mol. The van der Waals surface area contributed by atoms with Crippen LogP contribution in [0.25, 0.3) is 5.69 Å². The second-order valence-electron chi connectivity index (χ2n) is 5.38. The average molecular weight is 393 g/mol. The zero-order chi connectivity index (χ0) is 17.1. The van der Waals surface area contributed by atoms with Crippen LogP contribution in [0.15, 0.2) is 33.5 Å². The number of benzene rings is 1. The molecule has 0 spiro atoms. The molecule has 0 saturated carbocycles. The average Bonchev–Trinajstić information content (AvgIpc) is 2.59. The van der Waals surface area contributed by atoms with Crippen molar-refractivity contribution in [2.45, 2.75) is 18.9 Å². The Bertz CT molecular complexity index is 856. The van der Waals surface area contributed by atoms with E-state index in [2.05, 4.69) is 26.3 Å². The van der Waals surface area contributed by atoms with Gasteiger partial charge in [0.1, 0.15) is 18.0 Å². The summed E-state index contributed by atoms with van der Waals surface area (Å²) in [6, 6.07) is 7.35. The molecule has 24 heavy (non-hydrogen) atoms. The third kappa shape index (κ3) is 3.47. The maximum atomic E-state index is 13.7. The van der Waals surface area contributed by atoms with Gasteiger partial charge in [0.25, 0.3) is 5.56 Å². The highest BCUT2D eigenvalue weighted by Gasteiger charge is 2.19. The van der Waals surface area contributed by atoms with Gasteiger partial charge in [-0.2, -0.15) is 9.94 Å². The molecule has 0 amide bonds. The van der Waals surface area contributed by atoms with Crippen molar-refractivity contribution in [1.29, 1.82) is 5.26 Å². The smallest absolute Gasteiger partial charge is 0.275 e. The van der Waals surface area contributed by atoms with E-state index in [1.807, 2.05) is 6.07 Å². The van der Waals surface area contributed by atoms with Crippen molar-refractivity contribution >= 4 is 15.9 Å². The fourth-order valence-corrected chi connectivity index (χ4v) is 2.75. The highest BCUT2D eigenvalue weighted by molar-refractivity contribution is 9.10. The van der Waals surface area contributed by atoms with Crippen LogP contribution in [0.2, 0.25) is 0 Å². The number of piperidine rings is 1. The van der Waals surface area contributed by atoms with Gasteiger partial charge in [0.05, 0.1) is 16.2 Å². The topological polar surface area (TPSA) is 79.9 Å². The molecular formula is C16H14BrFN4O2. The number of hydrogen-bond acceptors (Lipinski definition) is 5. The third-order valence-electron chi connectivity index (χ3n) is 3.73. The van der Waals surface area contributed by atoms with Gasteiger partial charge in [0.2, 0.25) is 5.69 Å². The summed E-state index contributed by atoms with van der Waals surface area (Å²) >= 11 is 3.06. The highest BCUT2D eigenvalue weighted by Crippen LogP contribution is 2.21. The fourth-order valence-electron chi connectivity index (χ4n) is 2.50. The molecule has 1 aliphatic heterocycles. The summed E-state index contributed by atoms with van der Waals surface area (Å²) in [6.07, 6.45) is 1.54. The van der Waals surface area contributed by atoms with E-state index in [0.29, 0.717) is 0 Å². The number of nitrogens with one attached hydrogen (secondary N) is 1. The molecule has 8 heteroatoms. The summed E-state index contributed by atoms with van der Waals surface area (Å²) in [5.41, 5.74) is -0.248. The van der Waals surface area contributed by atoms with Crippen molar-refractivity contribution in [1.82, 2.24) is 15.1 Å². The minimum Gasteiger partial charge on any atom is -0.487 e. The zero-order valence-electron chi connectivity index (χ0n) is 12.6. The number of aromatic nitrogens is 2. The van der Waals surface area contributed by atoms with Crippen LogP contribution in [0, 0.1) is 17.1 Å². The molecule has 1 fully saturated rings. The maximum absolute atomic E-state index is 13.7. The Kier molecular flexibility index (Phi) is 4.92. The number of nitrogens with zero attached hydrogens (tertiary/aromatic N) is 3. The molecule has 2 heterocycles. The van der Waals surface area contributed by atoms with Crippen LogP contribution in [0.3, 0.4) is 0 Å². The zero-order valence-corrected chi connectivity index (χ0v) is 14.2. The molecule has 2 aromatic rings. The van der Waals surface area contributed by atoms with Gasteiger partial charge < -0.3 is 10.1 Å². The van der Waals surface area contributed by atoms with Crippen molar-refractivity contribution in [3.05, 3.63) is 50.6 Å². The number of halogens is 2. The molecule has 0 unspecified atom stereocenters. The first-order valence-electron chi connectivity index (χ1n) is 7.46. The first-order valence-corrected chi connectivity index (χ1v) is 8.25. The highest BCUT2D eigenvalue weighted by atomic mass is 79.9. The van der Waals surface area contributed by atoms with Crippen molar-refractivity contribution in [2.24, 2.45) is 0 Å². The maximum Gasteiger partial charge on any atom is 0.275 e. The Morgan fingerprint density at radius 2 is 2.12 bits per heavy atom. The summed E-state index contributed by atoms with van der Waals surface area (Å²) in [7, 11) is 0. The van der Waals surface area contributed by atoms with Gasteiger partial charge in [-0.3, -0.25) is 4.79 Å². The Balaban J connectivity index is 1.96. The van der Waals surface area contributed by atoms with Gasteiger partial charge in [-0.05, 0) is 54.0 Å². The summed E-state index contributed by atoms with van der Waals surface area (Å²) in [5.74, 6) is -0.349. The van der Waals surface area contributed by atoms with Gasteiger partial charge in [0, 0.05) is 6.07 Å². The monoisotopic (exact) mass is 392 g/mol. The second kappa shape index (κ2) is 7.11.